The first kappa shape index (κ1) is 34.0. The van der Waals surface area contributed by atoms with E-state index in [0.29, 0.717) is 22.5 Å². The van der Waals surface area contributed by atoms with Gasteiger partial charge in [0.25, 0.3) is 0 Å². The minimum Gasteiger partial charge on any atom is -0.480 e. The molecule has 43 heavy (non-hydrogen) atoms. The van der Waals surface area contributed by atoms with Gasteiger partial charge in [0.1, 0.15) is 0 Å². The topological polar surface area (TPSA) is 180 Å². The van der Waals surface area contributed by atoms with Crippen LogP contribution in [-0.4, -0.2) is 119 Å². The van der Waals surface area contributed by atoms with E-state index in [4.69, 9.17) is 12.8 Å². The number of aliphatic carboxylic acids is 3. The number of anilines is 2. The predicted octanol–water partition coefficient (Wildman–Crippen LogP) is 0.386. The number of hydrogen-bond donors (Lipinski definition) is 5. The number of carbonyl (C=O) groups excluding carboxylic acids is 2. The highest BCUT2D eigenvalue weighted by Gasteiger charge is 2.20. The molecule has 13 heteroatoms. The molecule has 0 aliphatic heterocycles. The minimum atomic E-state index is -1.18. The normalized spacial score (nSPS) is 10.6. The molecule has 2 aromatic rings. The number of rotatable bonds is 18. The molecule has 0 aliphatic carbocycles. The van der Waals surface area contributed by atoms with Crippen molar-refractivity contribution in [3.63, 3.8) is 0 Å². The van der Waals surface area contributed by atoms with Crippen LogP contribution in [0.2, 0.25) is 0 Å². The molecule has 0 unspecified atom stereocenters. The van der Waals surface area contributed by atoms with Crippen molar-refractivity contribution in [1.82, 2.24) is 14.7 Å². The number of hydrogen-bond acceptors (Lipinski definition) is 8. The first-order chi connectivity index (χ1) is 20.5. The molecule has 2 amide bonds. The molecule has 0 spiro atoms. The zero-order chi connectivity index (χ0) is 31.8. The Kier molecular flexibility index (Phi) is 13.9. The number of terminal acetylenes is 2. The molecule has 5 N–H and O–H groups in total. The van der Waals surface area contributed by atoms with Gasteiger partial charge in [-0.25, -0.2) is 0 Å². The lowest BCUT2D eigenvalue weighted by Crippen LogP contribution is -2.46. The molecule has 0 heterocycles. The Morgan fingerprint density at radius 1 is 0.535 bits per heavy atom. The van der Waals surface area contributed by atoms with Crippen LogP contribution in [0.5, 0.6) is 0 Å². The van der Waals surface area contributed by atoms with E-state index in [1.54, 1.807) is 48.5 Å². The number of carbonyl (C=O) groups is 5. The smallest absolute Gasteiger partial charge is 0.317 e. The molecule has 0 atom stereocenters. The van der Waals surface area contributed by atoms with E-state index in [1.807, 2.05) is 0 Å². The van der Waals surface area contributed by atoms with Crippen LogP contribution in [0.25, 0.3) is 0 Å². The van der Waals surface area contributed by atoms with E-state index < -0.39 is 49.4 Å². The lowest BCUT2D eigenvalue weighted by molar-refractivity contribution is -0.140. The summed E-state index contributed by atoms with van der Waals surface area (Å²) < 4.78 is 0. The predicted molar refractivity (Wildman–Crippen MR) is 158 cm³/mol. The van der Waals surface area contributed by atoms with Crippen LogP contribution in [0, 0.1) is 24.7 Å². The van der Waals surface area contributed by atoms with Crippen molar-refractivity contribution in [1.29, 1.82) is 0 Å². The van der Waals surface area contributed by atoms with Crippen molar-refractivity contribution in [2.24, 2.45) is 0 Å². The number of nitrogens with one attached hydrogen (secondary N) is 2. The molecule has 2 rings (SSSR count). The largest absolute Gasteiger partial charge is 0.480 e. The average Bonchev–Trinajstić information content (AvgIpc) is 2.94. The van der Waals surface area contributed by atoms with Crippen LogP contribution >= 0.6 is 0 Å². The second kappa shape index (κ2) is 17.6. The fourth-order valence-corrected chi connectivity index (χ4v) is 3.94. The third kappa shape index (κ3) is 13.8. The first-order valence-electron chi connectivity index (χ1n) is 13.0. The molecule has 0 aromatic heterocycles. The molecule has 2 aromatic carbocycles. The number of carboxylic acids is 3. The van der Waals surface area contributed by atoms with E-state index >= 15 is 0 Å². The Morgan fingerprint density at radius 3 is 1.14 bits per heavy atom. The van der Waals surface area contributed by atoms with E-state index in [-0.39, 0.29) is 39.3 Å². The molecule has 0 saturated heterocycles. The summed E-state index contributed by atoms with van der Waals surface area (Å²) in [4.78, 5) is 63.6. The van der Waals surface area contributed by atoms with Gasteiger partial charge in [-0.05, 0) is 48.5 Å². The first-order valence-corrected chi connectivity index (χ1v) is 13.0. The standard InChI is InChI=1S/C30H33N5O8/c1-3-22-5-9-24(10-6-22)31-26(36)17-34(20-29(40)41)15-13-33(19-28(38)39)14-16-35(21-30(42)43)18-27(37)32-25-11-7-23(4-2)8-12-25/h1-2,5-12H,13-21H2,(H,31,36)(H,32,37)(H,38,39)(H,40,41)(H,42,43). The second-order valence-electron chi connectivity index (χ2n) is 9.42. The fourth-order valence-electron chi connectivity index (χ4n) is 3.94. The van der Waals surface area contributed by atoms with Crippen molar-refractivity contribution in [3.8, 4) is 24.7 Å². The van der Waals surface area contributed by atoms with Gasteiger partial charge >= 0.3 is 17.9 Å². The van der Waals surface area contributed by atoms with Crippen molar-refractivity contribution in [2.75, 3.05) is 69.5 Å². The number of carboxylic acid groups (broad SMARTS) is 3. The van der Waals surface area contributed by atoms with E-state index in [0.717, 1.165) is 0 Å². The molecule has 226 valence electrons. The van der Waals surface area contributed by atoms with Gasteiger partial charge in [-0.15, -0.1) is 12.8 Å². The van der Waals surface area contributed by atoms with Crippen LogP contribution in [0.15, 0.2) is 48.5 Å². The van der Waals surface area contributed by atoms with Crippen molar-refractivity contribution >= 4 is 41.1 Å². The lowest BCUT2D eigenvalue weighted by Gasteiger charge is -2.28. The highest BCUT2D eigenvalue weighted by molar-refractivity contribution is 5.93. The number of amides is 2. The zero-order valence-electron chi connectivity index (χ0n) is 23.4. The highest BCUT2D eigenvalue weighted by atomic mass is 16.4. The monoisotopic (exact) mass is 591 g/mol. The SMILES string of the molecule is C#Cc1ccc(NC(=O)CN(CCN(CCN(CC(=O)O)CC(=O)Nc2ccc(C#C)cc2)CC(=O)O)CC(=O)O)cc1. The minimum absolute atomic E-state index is 0.0239. The summed E-state index contributed by atoms with van der Waals surface area (Å²) in [6.45, 7) is -1.78. The van der Waals surface area contributed by atoms with E-state index in [1.165, 1.54) is 14.7 Å². The van der Waals surface area contributed by atoms with Crippen LogP contribution in [-0.2, 0) is 24.0 Å². The molecule has 13 nitrogen and oxygen atoms in total. The number of benzene rings is 2. The average molecular weight is 592 g/mol. The molecule has 0 bridgehead atoms. The summed E-state index contributed by atoms with van der Waals surface area (Å²) in [6, 6.07) is 13.0. The summed E-state index contributed by atoms with van der Waals surface area (Å²) in [7, 11) is 0. The summed E-state index contributed by atoms with van der Waals surface area (Å²) in [6.07, 6.45) is 10.7. The quantitative estimate of drug-likeness (QED) is 0.151. The maximum absolute atomic E-state index is 12.6. The zero-order valence-corrected chi connectivity index (χ0v) is 23.4. The van der Waals surface area contributed by atoms with Crippen LogP contribution < -0.4 is 10.6 Å². The van der Waals surface area contributed by atoms with Crippen molar-refractivity contribution < 1.29 is 39.3 Å². The van der Waals surface area contributed by atoms with Gasteiger partial charge in [-0.3, -0.25) is 38.7 Å². The Bertz CT molecular complexity index is 1270. The summed E-state index contributed by atoms with van der Waals surface area (Å²) in [5.74, 6) is 0.451. The van der Waals surface area contributed by atoms with Crippen molar-refractivity contribution in [3.05, 3.63) is 59.7 Å². The second-order valence-corrected chi connectivity index (χ2v) is 9.42. The molecule has 0 fully saturated rings. The molecule has 0 radical (unpaired) electrons. The van der Waals surface area contributed by atoms with Crippen LogP contribution in [0.4, 0.5) is 11.4 Å². The Labute approximate surface area is 249 Å². The van der Waals surface area contributed by atoms with Gasteiger partial charge in [0.15, 0.2) is 0 Å². The van der Waals surface area contributed by atoms with Crippen molar-refractivity contribution in [2.45, 2.75) is 0 Å². The van der Waals surface area contributed by atoms with Gasteiger partial charge < -0.3 is 26.0 Å². The van der Waals surface area contributed by atoms with Gasteiger partial charge in [0.2, 0.25) is 11.8 Å². The molecule has 0 saturated carbocycles. The summed E-state index contributed by atoms with van der Waals surface area (Å²) in [5.41, 5.74) is 2.20. The van der Waals surface area contributed by atoms with E-state index in [9.17, 15) is 39.3 Å². The third-order valence-corrected chi connectivity index (χ3v) is 5.95. The Hall–Kier alpha value is -5.21. The molecule has 0 aliphatic rings. The maximum atomic E-state index is 12.6. The Balaban J connectivity index is 1.99. The Morgan fingerprint density at radius 2 is 0.837 bits per heavy atom. The molecular weight excluding hydrogens is 558 g/mol. The fraction of sp³-hybridized carbons (Fsp3) is 0.300. The van der Waals surface area contributed by atoms with E-state index in [2.05, 4.69) is 22.5 Å². The van der Waals surface area contributed by atoms with Gasteiger partial charge in [0.05, 0.1) is 32.7 Å². The van der Waals surface area contributed by atoms with Gasteiger partial charge in [0, 0.05) is 48.7 Å². The maximum Gasteiger partial charge on any atom is 0.317 e. The lowest BCUT2D eigenvalue weighted by atomic mass is 10.2. The summed E-state index contributed by atoms with van der Waals surface area (Å²) >= 11 is 0. The van der Waals surface area contributed by atoms with Crippen LogP contribution in [0.3, 0.4) is 0 Å². The highest BCUT2D eigenvalue weighted by Crippen LogP contribution is 2.10. The van der Waals surface area contributed by atoms with Gasteiger partial charge in [-0.1, -0.05) is 11.8 Å². The third-order valence-electron chi connectivity index (χ3n) is 5.95. The van der Waals surface area contributed by atoms with Crippen LogP contribution in [0.1, 0.15) is 11.1 Å². The summed E-state index contributed by atoms with van der Waals surface area (Å²) in [5, 5.41) is 33.3. The molecular formula is C30H33N5O8. The van der Waals surface area contributed by atoms with Gasteiger partial charge in [-0.2, -0.15) is 0 Å². The number of nitrogens with zero attached hydrogens (tertiary/aromatic N) is 3.